The van der Waals surface area contributed by atoms with Gasteiger partial charge >= 0.3 is 0 Å². The second-order valence-corrected chi connectivity index (χ2v) is 5.69. The predicted octanol–water partition coefficient (Wildman–Crippen LogP) is -0.940. The monoisotopic (exact) mass is 275 g/mol. The van der Waals surface area contributed by atoms with Gasteiger partial charge in [-0.15, -0.1) is 0 Å². The molecule has 0 radical (unpaired) electrons. The molecule has 1 rings (SSSR count). The maximum absolute atomic E-state index is 11.9. The SMILES string of the molecule is CC(C)NC[C@@H]1O[C@H](C(=O)C(C)C)[C@@H](O)[C@H](O)[C@H]1O. The summed E-state index contributed by atoms with van der Waals surface area (Å²) in [4.78, 5) is 11.9. The van der Waals surface area contributed by atoms with Crippen LogP contribution in [0.5, 0.6) is 0 Å². The highest BCUT2D eigenvalue weighted by Gasteiger charge is 2.46. The summed E-state index contributed by atoms with van der Waals surface area (Å²) in [7, 11) is 0. The maximum Gasteiger partial charge on any atom is 0.166 e. The first kappa shape index (κ1) is 16.5. The van der Waals surface area contributed by atoms with Crippen LogP contribution >= 0.6 is 0 Å². The van der Waals surface area contributed by atoms with Crippen LogP contribution in [0.4, 0.5) is 0 Å². The lowest BCUT2D eigenvalue weighted by Crippen LogP contribution is -2.62. The van der Waals surface area contributed by atoms with Crippen molar-refractivity contribution in [3.63, 3.8) is 0 Å². The fraction of sp³-hybridized carbons (Fsp3) is 0.923. The van der Waals surface area contributed by atoms with Crippen LogP contribution in [0.15, 0.2) is 0 Å². The van der Waals surface area contributed by atoms with Gasteiger partial charge in [0.15, 0.2) is 5.78 Å². The molecule has 4 N–H and O–H groups in total. The quantitative estimate of drug-likeness (QED) is 0.517. The zero-order chi connectivity index (χ0) is 14.7. The number of hydrogen-bond acceptors (Lipinski definition) is 6. The number of carbonyl (C=O) groups is 1. The number of ketones is 1. The Labute approximate surface area is 113 Å². The van der Waals surface area contributed by atoms with Gasteiger partial charge in [-0.25, -0.2) is 0 Å². The molecule has 1 saturated heterocycles. The largest absolute Gasteiger partial charge is 0.388 e. The molecule has 1 fully saturated rings. The molecule has 1 aliphatic heterocycles. The first-order valence-electron chi connectivity index (χ1n) is 6.72. The first-order chi connectivity index (χ1) is 8.75. The summed E-state index contributed by atoms with van der Waals surface area (Å²) in [6.07, 6.45) is -5.77. The fourth-order valence-electron chi connectivity index (χ4n) is 2.03. The van der Waals surface area contributed by atoms with E-state index in [0.29, 0.717) is 6.54 Å². The van der Waals surface area contributed by atoms with E-state index in [4.69, 9.17) is 4.74 Å². The Morgan fingerprint density at radius 1 is 1.11 bits per heavy atom. The van der Waals surface area contributed by atoms with Gasteiger partial charge in [0.05, 0.1) is 6.10 Å². The van der Waals surface area contributed by atoms with Crippen LogP contribution in [0.3, 0.4) is 0 Å². The summed E-state index contributed by atoms with van der Waals surface area (Å²) in [6.45, 7) is 7.60. The molecule has 0 bridgehead atoms. The van der Waals surface area contributed by atoms with Crippen molar-refractivity contribution >= 4 is 5.78 Å². The molecule has 0 aromatic heterocycles. The number of aliphatic hydroxyl groups excluding tert-OH is 3. The van der Waals surface area contributed by atoms with Crippen LogP contribution in [0, 0.1) is 5.92 Å². The number of nitrogens with one attached hydrogen (secondary N) is 1. The number of carbonyl (C=O) groups excluding carboxylic acids is 1. The highest BCUT2D eigenvalue weighted by molar-refractivity contribution is 5.85. The van der Waals surface area contributed by atoms with E-state index in [2.05, 4.69) is 5.32 Å². The number of rotatable bonds is 5. The minimum absolute atomic E-state index is 0.194. The molecule has 6 nitrogen and oxygen atoms in total. The summed E-state index contributed by atoms with van der Waals surface area (Å²) >= 11 is 0. The van der Waals surface area contributed by atoms with Crippen LogP contribution < -0.4 is 5.32 Å². The van der Waals surface area contributed by atoms with Crippen molar-refractivity contribution in [2.24, 2.45) is 5.92 Å². The Balaban J connectivity index is 2.76. The van der Waals surface area contributed by atoms with Crippen LogP contribution in [-0.4, -0.2) is 64.2 Å². The zero-order valence-electron chi connectivity index (χ0n) is 11.9. The lowest BCUT2D eigenvalue weighted by Gasteiger charge is -2.40. The molecule has 19 heavy (non-hydrogen) atoms. The second kappa shape index (κ2) is 6.76. The average molecular weight is 275 g/mol. The third-order valence-electron chi connectivity index (χ3n) is 3.29. The van der Waals surface area contributed by atoms with Crippen molar-refractivity contribution in [1.82, 2.24) is 5.32 Å². The van der Waals surface area contributed by atoms with Crippen molar-refractivity contribution in [3.05, 3.63) is 0 Å². The maximum atomic E-state index is 11.9. The van der Waals surface area contributed by atoms with Crippen LogP contribution in [0.2, 0.25) is 0 Å². The van der Waals surface area contributed by atoms with Gasteiger partial charge in [0.1, 0.15) is 24.4 Å². The molecule has 1 heterocycles. The van der Waals surface area contributed by atoms with Gasteiger partial charge in [-0.3, -0.25) is 4.79 Å². The third kappa shape index (κ3) is 3.97. The summed E-state index contributed by atoms with van der Waals surface area (Å²) in [5, 5.41) is 32.6. The number of aliphatic hydroxyl groups is 3. The summed E-state index contributed by atoms with van der Waals surface area (Å²) < 4.78 is 5.48. The number of hydrogen-bond donors (Lipinski definition) is 4. The Kier molecular flexibility index (Phi) is 5.88. The van der Waals surface area contributed by atoms with Crippen molar-refractivity contribution in [1.29, 1.82) is 0 Å². The highest BCUT2D eigenvalue weighted by atomic mass is 16.5. The van der Waals surface area contributed by atoms with Crippen LogP contribution in [-0.2, 0) is 9.53 Å². The van der Waals surface area contributed by atoms with E-state index < -0.39 is 30.5 Å². The highest BCUT2D eigenvalue weighted by Crippen LogP contribution is 2.23. The van der Waals surface area contributed by atoms with E-state index in [1.807, 2.05) is 13.8 Å². The van der Waals surface area contributed by atoms with Gasteiger partial charge < -0.3 is 25.4 Å². The minimum Gasteiger partial charge on any atom is -0.388 e. The van der Waals surface area contributed by atoms with Crippen molar-refractivity contribution in [2.75, 3.05) is 6.54 Å². The Hall–Kier alpha value is -0.530. The molecular weight excluding hydrogens is 250 g/mol. The summed E-state index contributed by atoms with van der Waals surface area (Å²) in [6, 6.07) is 0.194. The van der Waals surface area contributed by atoms with Crippen molar-refractivity contribution < 1.29 is 24.9 Å². The van der Waals surface area contributed by atoms with E-state index >= 15 is 0 Å². The average Bonchev–Trinajstić information content (AvgIpc) is 2.34. The van der Waals surface area contributed by atoms with E-state index in [0.717, 1.165) is 0 Å². The molecule has 6 heteroatoms. The van der Waals surface area contributed by atoms with E-state index in [1.165, 1.54) is 0 Å². The van der Waals surface area contributed by atoms with E-state index in [1.54, 1.807) is 13.8 Å². The molecule has 5 atom stereocenters. The van der Waals surface area contributed by atoms with E-state index in [-0.39, 0.29) is 17.7 Å². The smallest absolute Gasteiger partial charge is 0.166 e. The van der Waals surface area contributed by atoms with Gasteiger partial charge in [0.25, 0.3) is 0 Å². The molecule has 0 aliphatic carbocycles. The molecule has 0 aromatic rings. The Bertz CT molecular complexity index is 307. The Morgan fingerprint density at radius 3 is 2.16 bits per heavy atom. The topological polar surface area (TPSA) is 99.0 Å². The fourth-order valence-corrected chi connectivity index (χ4v) is 2.03. The zero-order valence-corrected chi connectivity index (χ0v) is 11.9. The van der Waals surface area contributed by atoms with Gasteiger partial charge in [-0.1, -0.05) is 27.7 Å². The molecule has 0 amide bonds. The number of ether oxygens (including phenoxy) is 1. The normalized spacial score (nSPS) is 35.9. The van der Waals surface area contributed by atoms with Gasteiger partial charge in [0, 0.05) is 18.5 Å². The molecule has 0 saturated carbocycles. The second-order valence-electron chi connectivity index (χ2n) is 5.69. The predicted molar refractivity (Wildman–Crippen MR) is 69.7 cm³/mol. The molecule has 1 aliphatic rings. The summed E-state index contributed by atoms with van der Waals surface area (Å²) in [5.74, 6) is -0.575. The molecule has 0 spiro atoms. The standard InChI is InChI=1S/C13H25NO5/c1-6(2)9(15)13-12(18)11(17)10(16)8(19-13)5-14-7(3)4/h6-8,10-14,16-18H,5H2,1-4H3/t8-,10-,11+,12-,13+/m0/s1. The van der Waals surface area contributed by atoms with Crippen molar-refractivity contribution in [2.45, 2.75) is 64.3 Å². The molecule has 0 unspecified atom stereocenters. The van der Waals surface area contributed by atoms with Crippen LogP contribution in [0.25, 0.3) is 0 Å². The van der Waals surface area contributed by atoms with Gasteiger partial charge in [-0.05, 0) is 0 Å². The Morgan fingerprint density at radius 2 is 1.68 bits per heavy atom. The number of Topliss-reactive ketones (excluding diaryl/α,β-unsaturated/α-hetero) is 1. The first-order valence-corrected chi connectivity index (χ1v) is 6.72. The lowest BCUT2D eigenvalue weighted by molar-refractivity contribution is -0.219. The summed E-state index contributed by atoms with van der Waals surface area (Å²) in [5.41, 5.74) is 0. The molecule has 0 aromatic carbocycles. The molecule has 112 valence electrons. The van der Waals surface area contributed by atoms with E-state index in [9.17, 15) is 20.1 Å². The molecular formula is C13H25NO5. The van der Waals surface area contributed by atoms with Crippen LogP contribution in [0.1, 0.15) is 27.7 Å². The van der Waals surface area contributed by atoms with Gasteiger partial charge in [-0.2, -0.15) is 0 Å². The lowest BCUT2D eigenvalue weighted by atomic mass is 9.89. The minimum atomic E-state index is -1.39. The van der Waals surface area contributed by atoms with Gasteiger partial charge in [0.2, 0.25) is 0 Å². The third-order valence-corrected chi connectivity index (χ3v) is 3.29. The van der Waals surface area contributed by atoms with Crippen molar-refractivity contribution in [3.8, 4) is 0 Å².